The minimum Gasteiger partial charge on any atom is -0.343 e. The molecule has 0 saturated heterocycles. The van der Waals surface area contributed by atoms with Crippen LogP contribution in [0.5, 0.6) is 0 Å². The largest absolute Gasteiger partial charge is 0.343 e. The van der Waals surface area contributed by atoms with Crippen molar-refractivity contribution >= 4 is 23.4 Å². The van der Waals surface area contributed by atoms with Gasteiger partial charge in [0.25, 0.3) is 5.56 Å². The third-order valence-electron chi connectivity index (χ3n) is 4.61. The standard InChI is InChI=1S/C19H18N4O2S/c1-2-10-26-19-22-17-16(18(25)23-19)14(11-6-8-20-9-7-11)15-12(21-17)4-3-5-13(15)24/h2,6-9,14H,1,3-5,10H2,(H2,21,22,23,25)/t14-/m1/s1. The van der Waals surface area contributed by atoms with E-state index in [2.05, 4.69) is 26.8 Å². The fraction of sp³-hybridized carbons (Fsp3) is 0.263. The van der Waals surface area contributed by atoms with Crippen LogP contribution in [0.4, 0.5) is 5.82 Å². The molecule has 0 amide bonds. The molecule has 2 aromatic heterocycles. The van der Waals surface area contributed by atoms with Gasteiger partial charge in [-0.15, -0.1) is 6.58 Å². The smallest absolute Gasteiger partial charge is 0.257 e. The molecule has 3 heterocycles. The number of aromatic amines is 1. The van der Waals surface area contributed by atoms with Gasteiger partial charge in [-0.3, -0.25) is 14.6 Å². The van der Waals surface area contributed by atoms with E-state index in [0.717, 1.165) is 24.1 Å². The molecular formula is C19H18N4O2S. The first-order valence-electron chi connectivity index (χ1n) is 8.50. The van der Waals surface area contributed by atoms with Crippen LogP contribution in [0.1, 0.15) is 36.3 Å². The second kappa shape index (κ2) is 6.92. The Morgan fingerprint density at radius 2 is 2.08 bits per heavy atom. The number of allylic oxidation sites excluding steroid dienone is 2. The van der Waals surface area contributed by atoms with Crippen molar-refractivity contribution in [2.75, 3.05) is 11.1 Å². The Morgan fingerprint density at radius 1 is 1.27 bits per heavy atom. The van der Waals surface area contributed by atoms with Gasteiger partial charge in [0.15, 0.2) is 10.9 Å². The van der Waals surface area contributed by atoms with E-state index < -0.39 is 5.92 Å². The van der Waals surface area contributed by atoms with Crippen LogP contribution in [0.15, 0.2) is 58.4 Å². The third kappa shape index (κ3) is 2.88. The van der Waals surface area contributed by atoms with Crippen molar-refractivity contribution in [1.29, 1.82) is 0 Å². The highest BCUT2D eigenvalue weighted by Gasteiger charge is 2.37. The Kier molecular flexibility index (Phi) is 4.46. The lowest BCUT2D eigenvalue weighted by molar-refractivity contribution is -0.116. The van der Waals surface area contributed by atoms with E-state index in [-0.39, 0.29) is 11.3 Å². The SMILES string of the molecule is C=CCSc1nc2c(c(=O)[nH]1)[C@H](c1ccncc1)C1=C(CCCC1=O)N2. The van der Waals surface area contributed by atoms with Crippen molar-refractivity contribution in [1.82, 2.24) is 15.0 Å². The number of carbonyl (C=O) groups excluding carboxylic acids is 1. The van der Waals surface area contributed by atoms with Crippen LogP contribution in [-0.4, -0.2) is 26.5 Å². The number of nitrogens with zero attached hydrogens (tertiary/aromatic N) is 2. The van der Waals surface area contributed by atoms with Gasteiger partial charge in [-0.2, -0.15) is 0 Å². The van der Waals surface area contributed by atoms with Crippen molar-refractivity contribution in [2.45, 2.75) is 30.3 Å². The van der Waals surface area contributed by atoms with Crippen molar-refractivity contribution in [2.24, 2.45) is 0 Å². The Morgan fingerprint density at radius 3 is 2.85 bits per heavy atom. The molecule has 0 saturated carbocycles. The van der Waals surface area contributed by atoms with Crippen LogP contribution in [0.3, 0.4) is 0 Å². The number of rotatable bonds is 4. The summed E-state index contributed by atoms with van der Waals surface area (Å²) in [5.41, 5.74) is 2.72. The number of hydrogen-bond acceptors (Lipinski definition) is 6. The molecule has 1 aliphatic heterocycles. The molecule has 0 unspecified atom stereocenters. The molecule has 6 nitrogen and oxygen atoms in total. The third-order valence-corrected chi connectivity index (χ3v) is 5.48. The maximum Gasteiger partial charge on any atom is 0.257 e. The minimum atomic E-state index is -0.410. The van der Waals surface area contributed by atoms with Crippen LogP contribution < -0.4 is 10.9 Å². The van der Waals surface area contributed by atoms with Crippen LogP contribution >= 0.6 is 11.8 Å². The second-order valence-corrected chi connectivity index (χ2v) is 7.25. The van der Waals surface area contributed by atoms with Gasteiger partial charge in [-0.05, 0) is 30.5 Å². The summed E-state index contributed by atoms with van der Waals surface area (Å²) in [5, 5.41) is 3.80. The molecule has 0 spiro atoms. The number of pyridine rings is 1. The van der Waals surface area contributed by atoms with E-state index >= 15 is 0 Å². The van der Waals surface area contributed by atoms with E-state index in [9.17, 15) is 9.59 Å². The summed E-state index contributed by atoms with van der Waals surface area (Å²) < 4.78 is 0. The van der Waals surface area contributed by atoms with Crippen molar-refractivity contribution in [3.05, 3.63) is 69.9 Å². The maximum atomic E-state index is 12.9. The number of aromatic nitrogens is 3. The average molecular weight is 366 g/mol. The number of nitrogens with one attached hydrogen (secondary N) is 2. The van der Waals surface area contributed by atoms with Crippen LogP contribution in [0, 0.1) is 0 Å². The van der Waals surface area contributed by atoms with Gasteiger partial charge in [0.05, 0.1) is 5.56 Å². The first-order chi connectivity index (χ1) is 12.7. The second-order valence-electron chi connectivity index (χ2n) is 6.24. The van der Waals surface area contributed by atoms with E-state index in [1.54, 1.807) is 18.5 Å². The molecule has 0 radical (unpaired) electrons. The predicted molar refractivity (Wildman–Crippen MR) is 101 cm³/mol. The summed E-state index contributed by atoms with van der Waals surface area (Å²) in [5.74, 6) is 0.875. The quantitative estimate of drug-likeness (QED) is 0.491. The topological polar surface area (TPSA) is 87.7 Å². The first-order valence-corrected chi connectivity index (χ1v) is 9.48. The minimum absolute atomic E-state index is 0.0933. The highest BCUT2D eigenvalue weighted by Crippen LogP contribution is 2.43. The molecule has 0 fully saturated rings. The molecule has 7 heteroatoms. The van der Waals surface area contributed by atoms with Crippen molar-refractivity contribution in [3.63, 3.8) is 0 Å². The fourth-order valence-electron chi connectivity index (χ4n) is 3.54. The number of carbonyl (C=O) groups is 1. The Balaban J connectivity index is 1.91. The first kappa shape index (κ1) is 16.8. The zero-order valence-corrected chi connectivity index (χ0v) is 14.9. The summed E-state index contributed by atoms with van der Waals surface area (Å²) in [6, 6.07) is 3.71. The number of anilines is 1. The molecule has 2 N–H and O–H groups in total. The lowest BCUT2D eigenvalue weighted by atomic mass is 9.77. The monoisotopic (exact) mass is 366 g/mol. The zero-order chi connectivity index (χ0) is 18.1. The summed E-state index contributed by atoms with van der Waals surface area (Å²) in [6.07, 6.45) is 7.23. The lowest BCUT2D eigenvalue weighted by Gasteiger charge is -2.32. The van der Waals surface area contributed by atoms with Crippen molar-refractivity contribution < 1.29 is 4.79 Å². The van der Waals surface area contributed by atoms with Gasteiger partial charge in [-0.1, -0.05) is 17.8 Å². The molecule has 132 valence electrons. The van der Waals surface area contributed by atoms with Crippen LogP contribution in [-0.2, 0) is 4.79 Å². The average Bonchev–Trinajstić information content (AvgIpc) is 2.65. The number of fused-ring (bicyclic) bond motifs is 1. The van der Waals surface area contributed by atoms with Gasteiger partial charge >= 0.3 is 0 Å². The van der Waals surface area contributed by atoms with Gasteiger partial charge in [-0.25, -0.2) is 4.98 Å². The Hall–Kier alpha value is -2.67. The number of hydrogen-bond donors (Lipinski definition) is 2. The molecule has 4 rings (SSSR count). The summed E-state index contributed by atoms with van der Waals surface area (Å²) in [4.78, 5) is 37.1. The molecular weight excluding hydrogens is 348 g/mol. The van der Waals surface area contributed by atoms with E-state index in [4.69, 9.17) is 0 Å². The van der Waals surface area contributed by atoms with Crippen LogP contribution in [0.2, 0.25) is 0 Å². The summed E-state index contributed by atoms with van der Waals surface area (Å²) >= 11 is 1.42. The van der Waals surface area contributed by atoms with Gasteiger partial charge in [0.2, 0.25) is 0 Å². The van der Waals surface area contributed by atoms with Gasteiger partial charge in [0, 0.05) is 41.8 Å². The van der Waals surface area contributed by atoms with Gasteiger partial charge in [0.1, 0.15) is 5.82 Å². The zero-order valence-electron chi connectivity index (χ0n) is 14.1. The molecule has 0 bridgehead atoms. The molecule has 2 aliphatic rings. The molecule has 1 aliphatic carbocycles. The number of ketones is 1. The summed E-state index contributed by atoms with van der Waals surface area (Å²) in [7, 11) is 0. The summed E-state index contributed by atoms with van der Waals surface area (Å²) in [6.45, 7) is 3.69. The van der Waals surface area contributed by atoms with Gasteiger partial charge < -0.3 is 10.3 Å². The number of Topliss-reactive ketones (excluding diaryl/α,β-unsaturated/α-hetero) is 1. The highest BCUT2D eigenvalue weighted by atomic mass is 32.2. The predicted octanol–water partition coefficient (Wildman–Crippen LogP) is 3.01. The lowest BCUT2D eigenvalue weighted by Crippen LogP contribution is -2.32. The maximum absolute atomic E-state index is 12.9. The van der Waals surface area contributed by atoms with Crippen LogP contribution in [0.25, 0.3) is 0 Å². The highest BCUT2D eigenvalue weighted by molar-refractivity contribution is 7.99. The van der Waals surface area contributed by atoms with E-state index in [1.165, 1.54) is 11.8 Å². The van der Waals surface area contributed by atoms with Crippen molar-refractivity contribution in [3.8, 4) is 0 Å². The molecule has 0 aromatic carbocycles. The molecule has 26 heavy (non-hydrogen) atoms. The number of H-pyrrole nitrogens is 1. The van der Waals surface area contributed by atoms with E-state index in [1.807, 2.05) is 12.1 Å². The normalized spacial score (nSPS) is 18.8. The molecule has 1 atom stereocenters. The Bertz CT molecular complexity index is 965. The van der Waals surface area contributed by atoms with E-state index in [0.29, 0.717) is 34.3 Å². The number of thioether (sulfide) groups is 1. The fourth-order valence-corrected chi connectivity index (χ4v) is 4.13. The Labute approximate surface area is 154 Å². The molecule has 2 aromatic rings.